The van der Waals surface area contributed by atoms with Gasteiger partial charge in [-0.25, -0.2) is 0 Å². The van der Waals surface area contributed by atoms with Crippen LogP contribution in [0.25, 0.3) is 10.8 Å². The maximum Gasteiger partial charge on any atom is 0.257 e. The van der Waals surface area contributed by atoms with Gasteiger partial charge in [-0.1, -0.05) is 12.1 Å². The summed E-state index contributed by atoms with van der Waals surface area (Å²) in [5.74, 6) is 2.58. The van der Waals surface area contributed by atoms with Crippen LogP contribution in [0.5, 0.6) is 11.5 Å². The predicted molar refractivity (Wildman–Crippen MR) is 109 cm³/mol. The molecular weight excluding hydrogens is 390 g/mol. The van der Waals surface area contributed by atoms with E-state index in [1.54, 1.807) is 25.6 Å². The van der Waals surface area contributed by atoms with Crippen LogP contribution in [0.1, 0.15) is 30.2 Å². The standard InChI is InChI=1S/C21H23N3O4S/c1-26-16-8-7-14(11-17(16)27-2)12-19(25)24-9-3-5-15(13-24)20-22-23-21(28-20)18-6-4-10-29-18/h4,6-8,10-11,15H,3,5,9,12-13H2,1-2H3. The van der Waals surface area contributed by atoms with Crippen LogP contribution in [0, 0.1) is 0 Å². The van der Waals surface area contributed by atoms with E-state index >= 15 is 0 Å². The van der Waals surface area contributed by atoms with Crippen molar-refractivity contribution in [2.45, 2.75) is 25.2 Å². The van der Waals surface area contributed by atoms with Gasteiger partial charge in [-0.2, -0.15) is 0 Å². The number of hydrogen-bond acceptors (Lipinski definition) is 7. The zero-order chi connectivity index (χ0) is 20.2. The van der Waals surface area contributed by atoms with E-state index < -0.39 is 0 Å². The van der Waals surface area contributed by atoms with Crippen molar-refractivity contribution < 1.29 is 18.7 Å². The van der Waals surface area contributed by atoms with E-state index in [0.29, 0.717) is 36.2 Å². The Balaban J connectivity index is 1.42. The smallest absolute Gasteiger partial charge is 0.257 e. The van der Waals surface area contributed by atoms with Gasteiger partial charge in [0.1, 0.15) is 0 Å². The molecular formula is C21H23N3O4S. The lowest BCUT2D eigenvalue weighted by atomic mass is 9.97. The number of benzene rings is 1. The summed E-state index contributed by atoms with van der Waals surface area (Å²) in [6, 6.07) is 9.49. The molecule has 0 aliphatic carbocycles. The first-order valence-electron chi connectivity index (χ1n) is 9.54. The fourth-order valence-electron chi connectivity index (χ4n) is 3.58. The molecule has 7 nitrogen and oxygen atoms in total. The Kier molecular flexibility index (Phi) is 5.80. The van der Waals surface area contributed by atoms with Crippen molar-refractivity contribution in [1.82, 2.24) is 15.1 Å². The summed E-state index contributed by atoms with van der Waals surface area (Å²) < 4.78 is 16.5. The number of ether oxygens (including phenoxy) is 2. The molecule has 3 aromatic rings. The molecule has 0 spiro atoms. The average Bonchev–Trinajstić information content (AvgIpc) is 3.45. The first kappa shape index (κ1) is 19.4. The minimum atomic E-state index is 0.0688. The van der Waals surface area contributed by atoms with Gasteiger partial charge in [0.2, 0.25) is 11.8 Å². The van der Waals surface area contributed by atoms with Gasteiger partial charge in [0, 0.05) is 13.1 Å². The Morgan fingerprint density at radius 3 is 2.86 bits per heavy atom. The summed E-state index contributed by atoms with van der Waals surface area (Å²) in [5, 5.41) is 10.4. The van der Waals surface area contributed by atoms with E-state index in [-0.39, 0.29) is 11.8 Å². The van der Waals surface area contributed by atoms with Crippen LogP contribution >= 0.6 is 11.3 Å². The fourth-order valence-corrected chi connectivity index (χ4v) is 4.23. The number of amides is 1. The number of piperidine rings is 1. The quantitative estimate of drug-likeness (QED) is 0.612. The number of hydrogen-bond donors (Lipinski definition) is 0. The minimum Gasteiger partial charge on any atom is -0.493 e. The molecule has 1 aliphatic rings. The number of carbonyl (C=O) groups is 1. The average molecular weight is 413 g/mol. The Morgan fingerprint density at radius 2 is 2.10 bits per heavy atom. The van der Waals surface area contributed by atoms with Gasteiger partial charge < -0.3 is 18.8 Å². The highest BCUT2D eigenvalue weighted by Gasteiger charge is 2.28. The van der Waals surface area contributed by atoms with Crippen LogP contribution in [0.2, 0.25) is 0 Å². The van der Waals surface area contributed by atoms with Crippen LogP contribution in [-0.4, -0.2) is 48.3 Å². The molecule has 1 unspecified atom stereocenters. The van der Waals surface area contributed by atoms with Crippen LogP contribution in [0.4, 0.5) is 0 Å². The van der Waals surface area contributed by atoms with E-state index in [2.05, 4.69) is 10.2 Å². The fraction of sp³-hybridized carbons (Fsp3) is 0.381. The van der Waals surface area contributed by atoms with Crippen molar-refractivity contribution in [3.63, 3.8) is 0 Å². The Morgan fingerprint density at radius 1 is 1.24 bits per heavy atom. The second-order valence-corrected chi connectivity index (χ2v) is 7.92. The highest BCUT2D eigenvalue weighted by atomic mass is 32.1. The van der Waals surface area contributed by atoms with E-state index in [0.717, 1.165) is 29.8 Å². The normalized spacial score (nSPS) is 16.6. The summed E-state index contributed by atoms with van der Waals surface area (Å²) in [5.41, 5.74) is 0.896. The van der Waals surface area contributed by atoms with Gasteiger partial charge in [-0.15, -0.1) is 21.5 Å². The molecule has 2 aromatic heterocycles. The van der Waals surface area contributed by atoms with Crippen molar-refractivity contribution in [1.29, 1.82) is 0 Å². The Labute approximate surface area is 173 Å². The number of rotatable bonds is 6. The molecule has 1 fully saturated rings. The first-order chi connectivity index (χ1) is 14.2. The largest absolute Gasteiger partial charge is 0.493 e. The molecule has 4 rings (SSSR count). The molecule has 1 amide bonds. The molecule has 3 heterocycles. The summed E-state index contributed by atoms with van der Waals surface area (Å²) in [7, 11) is 3.19. The van der Waals surface area contributed by atoms with Crippen molar-refractivity contribution in [3.8, 4) is 22.3 Å². The molecule has 152 valence electrons. The maximum absolute atomic E-state index is 12.9. The number of thiophene rings is 1. The topological polar surface area (TPSA) is 77.7 Å². The molecule has 1 aliphatic heterocycles. The number of nitrogens with zero attached hydrogens (tertiary/aromatic N) is 3. The van der Waals surface area contributed by atoms with Crippen LogP contribution in [-0.2, 0) is 11.2 Å². The van der Waals surface area contributed by atoms with Crippen LogP contribution in [0.3, 0.4) is 0 Å². The third kappa shape index (κ3) is 4.27. The monoisotopic (exact) mass is 413 g/mol. The molecule has 0 N–H and O–H groups in total. The number of likely N-dealkylation sites (tertiary alicyclic amines) is 1. The van der Waals surface area contributed by atoms with Gasteiger partial charge in [0.05, 0.1) is 31.4 Å². The number of methoxy groups -OCH3 is 2. The second-order valence-electron chi connectivity index (χ2n) is 6.97. The summed E-state index contributed by atoms with van der Waals surface area (Å²) in [4.78, 5) is 15.7. The maximum atomic E-state index is 12.9. The highest BCUT2D eigenvalue weighted by Crippen LogP contribution is 2.31. The van der Waals surface area contributed by atoms with E-state index in [4.69, 9.17) is 13.9 Å². The molecule has 0 radical (unpaired) electrons. The SMILES string of the molecule is COc1ccc(CC(=O)N2CCCC(c3nnc(-c4cccs4)o3)C2)cc1OC. The van der Waals surface area contributed by atoms with Crippen LogP contribution in [0.15, 0.2) is 40.1 Å². The highest BCUT2D eigenvalue weighted by molar-refractivity contribution is 7.13. The first-order valence-corrected chi connectivity index (χ1v) is 10.4. The lowest BCUT2D eigenvalue weighted by Gasteiger charge is -2.31. The lowest BCUT2D eigenvalue weighted by Crippen LogP contribution is -2.40. The van der Waals surface area contributed by atoms with Crippen molar-refractivity contribution in [2.75, 3.05) is 27.3 Å². The molecule has 1 atom stereocenters. The van der Waals surface area contributed by atoms with E-state index in [1.807, 2.05) is 40.6 Å². The summed E-state index contributed by atoms with van der Waals surface area (Å²) in [6.45, 7) is 1.34. The molecule has 29 heavy (non-hydrogen) atoms. The molecule has 8 heteroatoms. The third-order valence-corrected chi connectivity index (χ3v) is 5.96. The van der Waals surface area contributed by atoms with Crippen molar-refractivity contribution >= 4 is 17.2 Å². The summed E-state index contributed by atoms with van der Waals surface area (Å²) >= 11 is 1.57. The van der Waals surface area contributed by atoms with E-state index in [9.17, 15) is 4.79 Å². The number of carbonyl (C=O) groups excluding carboxylic acids is 1. The molecule has 0 bridgehead atoms. The third-order valence-electron chi connectivity index (χ3n) is 5.10. The van der Waals surface area contributed by atoms with Crippen molar-refractivity contribution in [2.24, 2.45) is 0 Å². The minimum absolute atomic E-state index is 0.0688. The summed E-state index contributed by atoms with van der Waals surface area (Å²) in [6.07, 6.45) is 2.17. The van der Waals surface area contributed by atoms with Gasteiger partial charge in [-0.3, -0.25) is 4.79 Å². The lowest BCUT2D eigenvalue weighted by molar-refractivity contribution is -0.131. The molecule has 1 saturated heterocycles. The Hall–Kier alpha value is -2.87. The number of aromatic nitrogens is 2. The van der Waals surface area contributed by atoms with Gasteiger partial charge in [0.15, 0.2) is 11.5 Å². The molecule has 1 aromatic carbocycles. The Bertz CT molecular complexity index is 970. The molecule has 0 saturated carbocycles. The van der Waals surface area contributed by atoms with Crippen molar-refractivity contribution in [3.05, 3.63) is 47.2 Å². The van der Waals surface area contributed by atoms with Gasteiger partial charge in [-0.05, 0) is 42.0 Å². The zero-order valence-corrected chi connectivity index (χ0v) is 17.3. The van der Waals surface area contributed by atoms with Gasteiger partial charge in [0.25, 0.3) is 5.89 Å². The van der Waals surface area contributed by atoms with Gasteiger partial charge >= 0.3 is 0 Å². The predicted octanol–water partition coefficient (Wildman–Crippen LogP) is 3.76. The second kappa shape index (κ2) is 8.65. The zero-order valence-electron chi connectivity index (χ0n) is 16.5. The van der Waals surface area contributed by atoms with E-state index in [1.165, 1.54) is 0 Å². The van der Waals surface area contributed by atoms with Crippen LogP contribution < -0.4 is 9.47 Å².